The number of hydrogen-bond donors (Lipinski definition) is 1. The predicted octanol–water partition coefficient (Wildman–Crippen LogP) is 1.27. The van der Waals surface area contributed by atoms with Crippen LogP contribution in [0.5, 0.6) is 0 Å². The van der Waals surface area contributed by atoms with Gasteiger partial charge in [0.1, 0.15) is 10.9 Å². The number of halogens is 1. The molecule has 0 aliphatic heterocycles. The minimum absolute atomic E-state index is 0.704. The second-order valence-electron chi connectivity index (χ2n) is 4.08. The molecule has 0 aliphatic rings. The molecule has 3 heterocycles. The molecule has 0 aromatic carbocycles. The molecule has 3 rings (SSSR count). The fraction of sp³-hybridized carbons (Fsp3) is 0.273. The van der Waals surface area contributed by atoms with Crippen LogP contribution in [0, 0.1) is 0 Å². The number of rotatable bonds is 4. The van der Waals surface area contributed by atoms with E-state index in [4.69, 9.17) is 0 Å². The number of aromatic nitrogens is 6. The lowest BCUT2D eigenvalue weighted by atomic mass is 10.4. The van der Waals surface area contributed by atoms with Crippen LogP contribution in [0.3, 0.4) is 0 Å². The van der Waals surface area contributed by atoms with Crippen LogP contribution in [0.15, 0.2) is 29.5 Å². The van der Waals surface area contributed by atoms with E-state index in [9.17, 15) is 0 Å². The van der Waals surface area contributed by atoms with Crippen molar-refractivity contribution in [2.24, 2.45) is 7.05 Å². The van der Waals surface area contributed by atoms with E-state index in [1.54, 1.807) is 17.2 Å². The van der Waals surface area contributed by atoms with Gasteiger partial charge in [0.2, 0.25) is 0 Å². The topological polar surface area (TPSA) is 72.9 Å². The van der Waals surface area contributed by atoms with Crippen LogP contribution >= 0.6 is 15.9 Å². The molecule has 0 bridgehead atoms. The number of nitrogens with zero attached hydrogens (tertiary/aromatic N) is 6. The Bertz CT molecular complexity index is 702. The minimum Gasteiger partial charge on any atom is -0.366 e. The largest absolute Gasteiger partial charge is 0.366 e. The molecule has 7 nitrogen and oxygen atoms in total. The molecule has 0 unspecified atom stereocenters. The summed E-state index contributed by atoms with van der Waals surface area (Å²) >= 11 is 3.38. The average Bonchev–Trinajstić information content (AvgIpc) is 2.98. The fourth-order valence-electron chi connectivity index (χ4n) is 1.81. The molecule has 98 valence electrons. The van der Waals surface area contributed by atoms with Crippen LogP contribution in [-0.2, 0) is 13.5 Å². The minimum atomic E-state index is 0.704. The number of anilines is 1. The first kappa shape index (κ1) is 12.1. The lowest BCUT2D eigenvalue weighted by molar-refractivity contribution is 0.741. The van der Waals surface area contributed by atoms with E-state index in [2.05, 4.69) is 41.3 Å². The maximum Gasteiger partial charge on any atom is 0.180 e. The monoisotopic (exact) mass is 321 g/mol. The maximum absolute atomic E-state index is 4.39. The van der Waals surface area contributed by atoms with Crippen LogP contribution in [0.2, 0.25) is 0 Å². The Balaban J connectivity index is 1.73. The molecule has 0 aliphatic carbocycles. The molecule has 3 aromatic rings. The molecule has 0 amide bonds. The molecule has 0 atom stereocenters. The first-order valence-corrected chi connectivity index (χ1v) is 6.59. The number of hydrogen-bond acceptors (Lipinski definition) is 5. The Morgan fingerprint density at radius 1 is 1.37 bits per heavy atom. The van der Waals surface area contributed by atoms with Crippen molar-refractivity contribution in [3.8, 4) is 0 Å². The summed E-state index contributed by atoms with van der Waals surface area (Å²) in [6, 6.07) is 0. The highest BCUT2D eigenvalue weighted by Gasteiger charge is 2.06. The molecule has 0 radical (unpaired) electrons. The van der Waals surface area contributed by atoms with E-state index in [0.29, 0.717) is 6.54 Å². The summed E-state index contributed by atoms with van der Waals surface area (Å²) < 4.78 is 4.37. The summed E-state index contributed by atoms with van der Waals surface area (Å²) in [5, 5.41) is 7.49. The molecule has 1 N–H and O–H groups in total. The van der Waals surface area contributed by atoms with Crippen LogP contribution in [0.25, 0.3) is 5.65 Å². The van der Waals surface area contributed by atoms with E-state index in [1.807, 2.05) is 23.8 Å². The maximum atomic E-state index is 4.39. The van der Waals surface area contributed by atoms with Gasteiger partial charge >= 0.3 is 0 Å². The molecule has 0 saturated carbocycles. The van der Waals surface area contributed by atoms with Gasteiger partial charge in [0, 0.05) is 38.6 Å². The van der Waals surface area contributed by atoms with Crippen LogP contribution < -0.4 is 5.32 Å². The van der Waals surface area contributed by atoms with Gasteiger partial charge in [-0.1, -0.05) is 0 Å². The lowest BCUT2D eigenvalue weighted by Gasteiger charge is -2.06. The van der Waals surface area contributed by atoms with Crippen molar-refractivity contribution in [3.63, 3.8) is 0 Å². The van der Waals surface area contributed by atoms with Gasteiger partial charge in [0.15, 0.2) is 17.3 Å². The molecule has 3 aromatic heterocycles. The Kier molecular flexibility index (Phi) is 3.16. The predicted molar refractivity (Wildman–Crippen MR) is 73.9 cm³/mol. The van der Waals surface area contributed by atoms with Gasteiger partial charge < -0.3 is 9.72 Å². The Morgan fingerprint density at radius 3 is 3.05 bits per heavy atom. The van der Waals surface area contributed by atoms with E-state index >= 15 is 0 Å². The van der Waals surface area contributed by atoms with Gasteiger partial charge in [-0.05, 0) is 15.9 Å². The highest BCUT2D eigenvalue weighted by Crippen LogP contribution is 2.16. The van der Waals surface area contributed by atoms with Crippen molar-refractivity contribution in [2.75, 3.05) is 11.9 Å². The smallest absolute Gasteiger partial charge is 0.180 e. The summed E-state index contributed by atoms with van der Waals surface area (Å²) in [6.07, 6.45) is 7.93. The normalized spacial score (nSPS) is 11.1. The lowest BCUT2D eigenvalue weighted by Crippen LogP contribution is -2.09. The summed E-state index contributed by atoms with van der Waals surface area (Å²) in [4.78, 5) is 12.8. The van der Waals surface area contributed by atoms with E-state index in [1.165, 1.54) is 0 Å². The van der Waals surface area contributed by atoms with Crippen molar-refractivity contribution < 1.29 is 0 Å². The third-order valence-electron chi connectivity index (χ3n) is 2.63. The van der Waals surface area contributed by atoms with E-state index in [0.717, 1.165) is 28.3 Å². The zero-order valence-electron chi connectivity index (χ0n) is 10.3. The van der Waals surface area contributed by atoms with Gasteiger partial charge in [-0.25, -0.2) is 15.0 Å². The highest BCUT2D eigenvalue weighted by atomic mass is 79.9. The van der Waals surface area contributed by atoms with Gasteiger partial charge in [0.05, 0.1) is 0 Å². The molecule has 0 fully saturated rings. The zero-order valence-corrected chi connectivity index (χ0v) is 11.9. The molecular weight excluding hydrogens is 310 g/mol. The Morgan fingerprint density at radius 2 is 2.26 bits per heavy atom. The first-order chi connectivity index (χ1) is 9.22. The Labute approximate surface area is 117 Å². The van der Waals surface area contributed by atoms with Crippen LogP contribution in [0.4, 0.5) is 5.82 Å². The average molecular weight is 322 g/mol. The first-order valence-electron chi connectivity index (χ1n) is 5.80. The highest BCUT2D eigenvalue weighted by molar-refractivity contribution is 9.10. The van der Waals surface area contributed by atoms with Gasteiger partial charge in [-0.15, -0.1) is 0 Å². The fourth-order valence-corrected chi connectivity index (χ4v) is 2.21. The molecular formula is C11H12BrN7. The quantitative estimate of drug-likeness (QED) is 0.783. The number of fused-ring (bicyclic) bond motifs is 1. The standard InChI is InChI=1S/C11H12BrN7/c1-18-7-15-9(17-18)2-3-13-10-11-14-4-5-19(11)6-8(12)16-10/h4-7H,2-3H2,1H3,(H,13,16). The third kappa shape index (κ3) is 2.58. The zero-order chi connectivity index (χ0) is 13.2. The van der Waals surface area contributed by atoms with Gasteiger partial charge in [-0.2, -0.15) is 5.10 Å². The van der Waals surface area contributed by atoms with Crippen LogP contribution in [-0.4, -0.2) is 35.7 Å². The van der Waals surface area contributed by atoms with E-state index in [-0.39, 0.29) is 0 Å². The van der Waals surface area contributed by atoms with Crippen molar-refractivity contribution in [1.82, 2.24) is 29.1 Å². The Hall–Kier alpha value is -1.96. The van der Waals surface area contributed by atoms with E-state index < -0.39 is 0 Å². The summed E-state index contributed by atoms with van der Waals surface area (Å²) in [6.45, 7) is 0.704. The SMILES string of the molecule is Cn1cnc(CCNc2nc(Br)cn3ccnc23)n1. The summed E-state index contributed by atoms with van der Waals surface area (Å²) in [5.41, 5.74) is 0.803. The van der Waals surface area contributed by atoms with Gasteiger partial charge in [0.25, 0.3) is 0 Å². The van der Waals surface area contributed by atoms with Crippen LogP contribution in [0.1, 0.15) is 5.82 Å². The molecule has 8 heteroatoms. The summed E-state index contributed by atoms with van der Waals surface area (Å²) in [7, 11) is 1.86. The molecule has 0 spiro atoms. The number of nitrogens with one attached hydrogen (secondary N) is 1. The van der Waals surface area contributed by atoms with Crippen molar-refractivity contribution >= 4 is 27.4 Å². The molecule has 0 saturated heterocycles. The van der Waals surface area contributed by atoms with Crippen molar-refractivity contribution in [2.45, 2.75) is 6.42 Å². The van der Waals surface area contributed by atoms with Gasteiger partial charge in [-0.3, -0.25) is 4.68 Å². The van der Waals surface area contributed by atoms with Crippen molar-refractivity contribution in [1.29, 1.82) is 0 Å². The summed E-state index contributed by atoms with van der Waals surface area (Å²) in [5.74, 6) is 1.56. The second kappa shape index (κ2) is 4.96. The number of aryl methyl sites for hydroxylation is 1. The second-order valence-corrected chi connectivity index (χ2v) is 4.89. The van der Waals surface area contributed by atoms with Crippen molar-refractivity contribution in [3.05, 3.63) is 35.3 Å². The molecule has 19 heavy (non-hydrogen) atoms. The number of imidazole rings is 1. The third-order valence-corrected chi connectivity index (χ3v) is 3.01.